The van der Waals surface area contributed by atoms with Gasteiger partial charge in [-0.15, -0.1) is 19.7 Å². The van der Waals surface area contributed by atoms with Gasteiger partial charge >= 0.3 is 38.5 Å². The second-order valence-electron chi connectivity index (χ2n) is 43.2. The van der Waals surface area contributed by atoms with Gasteiger partial charge in [0.05, 0.1) is 107 Å². The molecule has 3 saturated heterocycles. The molecule has 14 rings (SSSR count). The van der Waals surface area contributed by atoms with Gasteiger partial charge in [-0.1, -0.05) is 138 Å². The van der Waals surface area contributed by atoms with Crippen molar-refractivity contribution in [3.63, 3.8) is 0 Å². The fourth-order valence-electron chi connectivity index (χ4n) is 18.3. The number of rotatable bonds is 32. The van der Waals surface area contributed by atoms with Gasteiger partial charge in [-0.05, 0) is 215 Å². The maximum atomic E-state index is 14.6. The van der Waals surface area contributed by atoms with Crippen LogP contribution in [-0.2, 0) is 91.1 Å². The number of hydrogen-bond donors (Lipinski definition) is 3. The van der Waals surface area contributed by atoms with Gasteiger partial charge in [-0.2, -0.15) is 16.8 Å². The lowest BCUT2D eigenvalue weighted by molar-refractivity contribution is -0.161. The molecule has 5 aliphatic carbocycles. The van der Waals surface area contributed by atoms with Crippen molar-refractivity contribution in [2.75, 3.05) is 55.2 Å². The van der Waals surface area contributed by atoms with Gasteiger partial charge in [0, 0.05) is 66.6 Å². The van der Waals surface area contributed by atoms with E-state index in [9.17, 15) is 69.9 Å². The van der Waals surface area contributed by atoms with Crippen molar-refractivity contribution in [3.8, 4) is 34.5 Å². The van der Waals surface area contributed by atoms with E-state index < -0.39 is 125 Å². The summed E-state index contributed by atoms with van der Waals surface area (Å²) in [5.41, 5.74) is -6.23. The summed E-state index contributed by atoms with van der Waals surface area (Å²) in [6.07, 6.45) is 8.78. The first-order valence-corrected chi connectivity index (χ1v) is 50.1. The average Bonchev–Trinajstić information content (AvgIpc) is 1.57. The van der Waals surface area contributed by atoms with Crippen LogP contribution >= 0.6 is 0 Å². The molecule has 0 aromatic heterocycles. The first kappa shape index (κ1) is 109. The van der Waals surface area contributed by atoms with Crippen LogP contribution in [0.3, 0.4) is 0 Å². The Labute approximate surface area is 813 Å². The fourth-order valence-corrected chi connectivity index (χ4v) is 20.2. The van der Waals surface area contributed by atoms with Crippen molar-refractivity contribution >= 4 is 112 Å². The summed E-state index contributed by atoms with van der Waals surface area (Å²) in [5, 5.41) is 19.6. The predicted molar refractivity (Wildman–Crippen MR) is 525 cm³/mol. The topological polar surface area (TPSA) is 399 Å². The number of phenols is 1. The Morgan fingerprint density at radius 3 is 1.21 bits per heavy atom. The van der Waals surface area contributed by atoms with Gasteiger partial charge < -0.3 is 57.7 Å². The molecule has 30 nitrogen and oxygen atoms in total. The van der Waals surface area contributed by atoms with Crippen LogP contribution in [0.4, 0.5) is 0 Å². The minimum absolute atomic E-state index is 0.0182. The van der Waals surface area contributed by atoms with Gasteiger partial charge in [0.1, 0.15) is 52.3 Å². The standard InChI is InChI=1S/C39H52N2O10S.C31H39NO6.C21H33NO4.C11H10O2.C4H9NO3S/c1-10-25-21-39(25,35(45)40-52(46,47)51-38(8)16-17-38)22-31(42)30-19-27(49-32-13-11-12-24-18-26(48-9)14-15-28(24)32)23-41(30)34(44)29(36(2,3)4)20-33(43)50-37(5,6)7;1-8-21-16-31(21,29(35)37-7)17-26(33)25-15-23(18-32(25)28(34)19(2)30(3,4)5)38-27-11-9-10-20-14-22(36-6)12-13-24(20)27;1-8-15-10-21(15,19(25)26-7)11-17(23)16-9-13(2)12-22(16)18(24)14(3)20(4,5)6;1-13-9-5-6-10-8(7-9)3-2-4-11(10)12;1-4(2-3-4)8-9(5,6)7/h10-15,18,25,27,29-30H,1,16-17,19-23H2,2-9H3,(H,40,45);8-14,19,21,23,25H,1,15-18H2,2-7H3;8,13-16H,1,9-12H2,2-7H3;2-7,12H,1H3;2-3H2,1H3,(H2,5,6,7)/t25-,27-,29-,30+,39-;19-,21-,23-,25+,31-;13-,14+,15+,16-,21+;;/m110../s1. The summed E-state index contributed by atoms with van der Waals surface area (Å²) in [6.45, 7) is 44.6. The van der Waals surface area contributed by atoms with E-state index in [1.54, 1.807) is 84.0 Å². The minimum atomic E-state index is -4.43. The zero-order valence-corrected chi connectivity index (χ0v) is 85.8. The Balaban J connectivity index is 0.000000198. The summed E-state index contributed by atoms with van der Waals surface area (Å²) in [6, 6.07) is 31.7. The smallest absolute Gasteiger partial charge is 0.362 e. The number of ketones is 3. The fraction of sp³-hybridized carbons (Fsp3) is 0.566. The molecule has 6 aromatic rings. The molecule has 138 heavy (non-hydrogen) atoms. The van der Waals surface area contributed by atoms with Gasteiger partial charge in [-0.3, -0.25) is 52.1 Å². The maximum absolute atomic E-state index is 14.6. The molecule has 754 valence electrons. The van der Waals surface area contributed by atoms with E-state index in [1.165, 1.54) is 25.2 Å². The molecule has 0 unspecified atom stereocenters. The zero-order valence-electron chi connectivity index (χ0n) is 84.2. The number of carbonyl (C=O) groups excluding carboxylic acids is 10. The highest BCUT2D eigenvalue weighted by molar-refractivity contribution is 7.85. The number of hydrogen-bond acceptors (Lipinski definition) is 25. The van der Waals surface area contributed by atoms with Crippen molar-refractivity contribution in [2.45, 2.75) is 255 Å². The first-order valence-electron chi connectivity index (χ1n) is 47.2. The number of methoxy groups -OCH3 is 5. The molecular formula is C106H143N5O25S2. The number of allylic oxidation sites excluding steroid dienone is 3. The molecule has 15 atom stereocenters. The van der Waals surface area contributed by atoms with Crippen LogP contribution in [0.15, 0.2) is 147 Å². The number of nitrogens with two attached hydrogens (primary N) is 1. The largest absolute Gasteiger partial charge is 0.507 e. The van der Waals surface area contributed by atoms with E-state index >= 15 is 0 Å². The number of nitrogens with one attached hydrogen (secondary N) is 1. The molecule has 0 bridgehead atoms. The van der Waals surface area contributed by atoms with Crippen molar-refractivity contribution in [1.82, 2.24) is 19.4 Å². The van der Waals surface area contributed by atoms with E-state index in [0.29, 0.717) is 74.6 Å². The Hall–Kier alpha value is -10.8. The van der Waals surface area contributed by atoms with Crippen molar-refractivity contribution in [2.24, 2.45) is 79.1 Å². The lowest BCUT2D eigenvalue weighted by Crippen LogP contribution is -2.49. The van der Waals surface area contributed by atoms with Crippen LogP contribution in [-0.4, -0.2) is 198 Å². The average molecular weight is 1950 g/mol. The van der Waals surface area contributed by atoms with Crippen LogP contribution < -0.4 is 33.5 Å². The third kappa shape index (κ3) is 26.8. The quantitative estimate of drug-likeness (QED) is 0.0201. The summed E-state index contributed by atoms with van der Waals surface area (Å²) >= 11 is 0. The van der Waals surface area contributed by atoms with Gasteiger partial charge in [0.2, 0.25) is 23.6 Å². The van der Waals surface area contributed by atoms with E-state index in [-0.39, 0.29) is 121 Å². The zero-order chi connectivity index (χ0) is 103. The number of nitrogens with zero attached hydrogens (tertiary/aromatic N) is 3. The number of esters is 3. The SMILES string of the molecule is C=C[C@@H]1C[C@]1(CC(=O)[C@@H]1C[C@@H](Oc2cccc3cc(OC)ccc23)CN1C(=O)[C@@H](C)C(C)(C)C)C(=O)OC.C=C[C@@H]1C[C@]1(CC(=O)[C@@H]1C[C@@H](Oc2cccc3cc(OC)ccc23)CN1C(=O)[C@@H](CC(=O)OC(C)(C)C)C(C)(C)C)C(=O)NS(=O)(=O)OC1(C)CC1.C=C[C@@H]1C[C@]1(CC(=O)[C@@H]1C[C@H](C)CN1C(=O)[C@@H](C)C(C)(C)C)C(=O)OC.CC1(OS(N)(=O)=O)CC1.COc1ccc2c(O)cccc2c1. The molecule has 3 heterocycles. The molecule has 32 heteroatoms. The minimum Gasteiger partial charge on any atom is -0.507 e. The van der Waals surface area contributed by atoms with Gasteiger partial charge in [-0.25, -0.2) is 14.0 Å². The number of benzene rings is 6. The van der Waals surface area contributed by atoms with Gasteiger partial charge in [0.15, 0.2) is 17.3 Å². The third-order valence-corrected chi connectivity index (χ3v) is 30.0. The second kappa shape index (κ2) is 42.7. The van der Waals surface area contributed by atoms with E-state index in [0.717, 1.165) is 56.7 Å². The summed E-state index contributed by atoms with van der Waals surface area (Å²) in [4.78, 5) is 139. The molecule has 0 spiro atoms. The van der Waals surface area contributed by atoms with E-state index in [1.807, 2.05) is 184 Å². The maximum Gasteiger partial charge on any atom is 0.362 e. The Bertz CT molecular complexity index is 5820. The highest BCUT2D eigenvalue weighted by Crippen LogP contribution is 2.60. The third-order valence-electron chi connectivity index (χ3n) is 28.3. The van der Waals surface area contributed by atoms with Crippen LogP contribution in [0, 0.1) is 73.9 Å². The molecular weight excluding hydrogens is 1810 g/mol. The van der Waals surface area contributed by atoms with Crippen molar-refractivity contribution in [1.29, 1.82) is 0 Å². The molecule has 8 aliphatic rings. The normalized spacial score (nSPS) is 24.8. The number of Topliss-reactive ketones (excluding diaryl/α,β-unsaturated/α-hetero) is 3. The Morgan fingerprint density at radius 1 is 0.493 bits per heavy atom. The van der Waals surface area contributed by atoms with Crippen molar-refractivity contribution < 1.29 is 116 Å². The number of amides is 4. The summed E-state index contributed by atoms with van der Waals surface area (Å²) in [7, 11) is -0.610. The van der Waals surface area contributed by atoms with E-state index in [4.69, 9.17) is 42.1 Å². The highest BCUT2D eigenvalue weighted by atomic mass is 32.2. The predicted octanol–water partition coefficient (Wildman–Crippen LogP) is 16.4. The van der Waals surface area contributed by atoms with Crippen LogP contribution in [0.5, 0.6) is 34.5 Å². The number of ether oxygens (including phenoxy) is 8. The number of aromatic hydroxyl groups is 1. The lowest BCUT2D eigenvalue weighted by Gasteiger charge is -2.35. The second-order valence-corrected chi connectivity index (χ2v) is 45.6. The van der Waals surface area contributed by atoms with Crippen LogP contribution in [0.2, 0.25) is 0 Å². The molecule has 0 radical (unpaired) electrons. The Kier molecular flexibility index (Phi) is 33.8. The summed E-state index contributed by atoms with van der Waals surface area (Å²) < 4.78 is 102. The number of fused-ring (bicyclic) bond motifs is 3. The molecule has 5 saturated carbocycles. The molecule has 4 amide bonds. The monoisotopic (exact) mass is 1950 g/mol. The van der Waals surface area contributed by atoms with E-state index in [2.05, 4.69) is 36.0 Å². The molecule has 6 aromatic carbocycles. The Morgan fingerprint density at radius 2 is 0.855 bits per heavy atom. The number of phenolic OH excluding ortho intramolecular Hbond substituents is 1. The van der Waals surface area contributed by atoms with Crippen LogP contribution in [0.25, 0.3) is 32.3 Å². The molecule has 4 N–H and O–H groups in total. The van der Waals surface area contributed by atoms with Crippen molar-refractivity contribution in [3.05, 3.63) is 147 Å². The molecule has 8 fully saturated rings. The van der Waals surface area contributed by atoms with Gasteiger partial charge in [0.25, 0.3) is 0 Å². The lowest BCUT2D eigenvalue weighted by atomic mass is 9.77. The summed E-state index contributed by atoms with van der Waals surface area (Å²) in [5.74, 6) is -0.945. The number of carbonyl (C=O) groups is 10. The molecule has 3 aliphatic heterocycles. The first-order chi connectivity index (χ1) is 64.2. The van der Waals surface area contributed by atoms with Crippen LogP contribution in [0.1, 0.15) is 208 Å². The number of likely N-dealkylation sites (tertiary alicyclic amines) is 3. The highest BCUT2D eigenvalue weighted by Gasteiger charge is 2.65.